The highest BCUT2D eigenvalue weighted by atomic mass is 32.2. The van der Waals surface area contributed by atoms with Gasteiger partial charge in [-0.3, -0.25) is 5.41 Å². The highest BCUT2D eigenvalue weighted by Crippen LogP contribution is 2.30. The summed E-state index contributed by atoms with van der Waals surface area (Å²) in [4.78, 5) is 9.65. The first kappa shape index (κ1) is 12.6. The van der Waals surface area contributed by atoms with Gasteiger partial charge >= 0.3 is 0 Å². The van der Waals surface area contributed by atoms with E-state index in [2.05, 4.69) is 9.97 Å². The van der Waals surface area contributed by atoms with Crippen LogP contribution in [0.15, 0.2) is 64.8 Å². The first-order valence-corrected chi connectivity index (χ1v) is 6.88. The van der Waals surface area contributed by atoms with E-state index in [1.54, 1.807) is 18.1 Å². The maximum Gasteiger partial charge on any atom is 0.122 e. The fourth-order valence-corrected chi connectivity index (χ4v) is 2.75. The second-order valence-corrected chi connectivity index (χ2v) is 5.30. The van der Waals surface area contributed by atoms with Crippen molar-refractivity contribution in [2.45, 2.75) is 9.92 Å². The van der Waals surface area contributed by atoms with E-state index in [0.29, 0.717) is 0 Å². The summed E-state index contributed by atoms with van der Waals surface area (Å²) in [5.74, 6) is 0.0778. The summed E-state index contributed by atoms with van der Waals surface area (Å²) < 4.78 is 0. The maximum atomic E-state index is 7.39. The summed E-state index contributed by atoms with van der Waals surface area (Å²) in [5.41, 5.74) is 7.11. The number of nitrogen functional groups attached to an aromatic ring is 1. The minimum absolute atomic E-state index is 0.0778. The monoisotopic (exact) mass is 280 g/mol. The molecule has 0 saturated carbocycles. The first-order valence-electron chi connectivity index (χ1n) is 6.06. The highest BCUT2D eigenvalue weighted by molar-refractivity contribution is 7.99. The third kappa shape index (κ3) is 2.48. The minimum atomic E-state index is 0.0778. The quantitative estimate of drug-likeness (QED) is 0.439. The van der Waals surface area contributed by atoms with Gasteiger partial charge in [-0.2, -0.15) is 0 Å². The molecule has 3 N–H and O–H groups in total. The molecule has 0 saturated heterocycles. The Hall–Kier alpha value is -2.40. The zero-order valence-electron chi connectivity index (χ0n) is 10.6. The number of nitrogens with zero attached hydrogens (tertiary/aromatic N) is 2. The molecule has 4 nitrogen and oxygen atoms in total. The number of fused-ring (bicyclic) bond motifs is 1. The van der Waals surface area contributed by atoms with Crippen LogP contribution in [0.5, 0.6) is 0 Å². The smallest absolute Gasteiger partial charge is 0.122 e. The van der Waals surface area contributed by atoms with Gasteiger partial charge in [-0.15, -0.1) is 0 Å². The molecule has 0 atom stereocenters. The van der Waals surface area contributed by atoms with Crippen LogP contribution < -0.4 is 5.73 Å². The Kier molecular flexibility index (Phi) is 3.35. The molecule has 1 aromatic heterocycles. The van der Waals surface area contributed by atoms with Crippen LogP contribution in [0, 0.1) is 5.41 Å². The van der Waals surface area contributed by atoms with Crippen LogP contribution >= 0.6 is 11.8 Å². The molecule has 3 aromatic rings. The summed E-state index contributed by atoms with van der Waals surface area (Å²) >= 11 is 1.58. The molecule has 98 valence electrons. The van der Waals surface area contributed by atoms with Crippen molar-refractivity contribution in [2.24, 2.45) is 5.73 Å². The minimum Gasteiger partial charge on any atom is -0.384 e. The van der Waals surface area contributed by atoms with Crippen LogP contribution in [0.25, 0.3) is 10.9 Å². The molecular weight excluding hydrogens is 268 g/mol. The summed E-state index contributed by atoms with van der Waals surface area (Å²) in [6.07, 6.45) is 1.58. The molecule has 0 unspecified atom stereocenters. The Morgan fingerprint density at radius 1 is 1.00 bits per heavy atom. The number of rotatable bonds is 3. The van der Waals surface area contributed by atoms with Crippen LogP contribution in [0.1, 0.15) is 5.56 Å². The van der Waals surface area contributed by atoms with Crippen molar-refractivity contribution in [3.63, 3.8) is 0 Å². The van der Waals surface area contributed by atoms with Gasteiger partial charge in [-0.1, -0.05) is 42.1 Å². The van der Waals surface area contributed by atoms with Gasteiger partial charge in [-0.25, -0.2) is 9.97 Å². The van der Waals surface area contributed by atoms with Crippen molar-refractivity contribution >= 4 is 28.5 Å². The number of nitrogens with two attached hydrogens (primary N) is 1. The zero-order chi connectivity index (χ0) is 13.9. The lowest BCUT2D eigenvalue weighted by Gasteiger charge is -2.05. The van der Waals surface area contributed by atoms with Gasteiger partial charge in [0, 0.05) is 15.8 Å². The summed E-state index contributed by atoms with van der Waals surface area (Å²) in [5, 5.41) is 9.35. The molecule has 0 aliphatic rings. The number of para-hydroxylation sites is 1. The van der Waals surface area contributed by atoms with E-state index in [-0.39, 0.29) is 5.84 Å². The largest absolute Gasteiger partial charge is 0.384 e. The van der Waals surface area contributed by atoms with Crippen LogP contribution in [0.2, 0.25) is 0 Å². The molecule has 0 spiro atoms. The number of benzene rings is 2. The summed E-state index contributed by atoms with van der Waals surface area (Å²) in [6.45, 7) is 0. The van der Waals surface area contributed by atoms with E-state index in [1.165, 1.54) is 0 Å². The standard InChI is InChI=1S/C15H12N4S/c16-14(17)10-5-7-11(8-6-10)20-15-12-3-1-2-4-13(12)18-9-19-15/h1-9H,(H3,16,17). The average molecular weight is 280 g/mol. The van der Waals surface area contributed by atoms with E-state index in [4.69, 9.17) is 11.1 Å². The fraction of sp³-hybridized carbons (Fsp3) is 0. The molecule has 0 aliphatic carbocycles. The Morgan fingerprint density at radius 2 is 1.75 bits per heavy atom. The van der Waals surface area contributed by atoms with Crippen LogP contribution in [-0.4, -0.2) is 15.8 Å². The van der Waals surface area contributed by atoms with Gasteiger partial charge in [0.25, 0.3) is 0 Å². The van der Waals surface area contributed by atoms with Crippen LogP contribution in [0.3, 0.4) is 0 Å². The Labute approximate surface area is 120 Å². The number of hydrogen-bond donors (Lipinski definition) is 2. The van der Waals surface area contributed by atoms with Gasteiger partial charge in [0.05, 0.1) is 5.52 Å². The van der Waals surface area contributed by atoms with Crippen LogP contribution in [0.4, 0.5) is 0 Å². The molecule has 0 aliphatic heterocycles. The molecule has 1 heterocycles. The lowest BCUT2D eigenvalue weighted by Crippen LogP contribution is -2.10. The predicted molar refractivity (Wildman–Crippen MR) is 81.1 cm³/mol. The van der Waals surface area contributed by atoms with E-state index < -0.39 is 0 Å². The summed E-state index contributed by atoms with van der Waals surface area (Å²) in [6, 6.07) is 15.5. The van der Waals surface area contributed by atoms with Crippen molar-refractivity contribution in [3.05, 3.63) is 60.4 Å². The molecule has 0 radical (unpaired) electrons. The Bertz CT molecular complexity index is 763. The van der Waals surface area contributed by atoms with Gasteiger partial charge in [0.15, 0.2) is 0 Å². The van der Waals surface area contributed by atoms with Crippen molar-refractivity contribution in [1.82, 2.24) is 9.97 Å². The Balaban J connectivity index is 1.95. The van der Waals surface area contributed by atoms with E-state index in [0.717, 1.165) is 26.4 Å². The molecule has 0 fully saturated rings. The number of hydrogen-bond acceptors (Lipinski definition) is 4. The molecule has 3 rings (SSSR count). The molecule has 20 heavy (non-hydrogen) atoms. The van der Waals surface area contributed by atoms with E-state index >= 15 is 0 Å². The number of aromatic nitrogens is 2. The van der Waals surface area contributed by atoms with Gasteiger partial charge in [-0.05, 0) is 18.2 Å². The molecule has 0 bridgehead atoms. The zero-order valence-corrected chi connectivity index (χ0v) is 11.4. The normalized spacial score (nSPS) is 10.6. The molecule has 0 amide bonds. The highest BCUT2D eigenvalue weighted by Gasteiger charge is 2.05. The second kappa shape index (κ2) is 5.30. The summed E-state index contributed by atoms with van der Waals surface area (Å²) in [7, 11) is 0. The SMILES string of the molecule is N=C(N)c1ccc(Sc2ncnc3ccccc23)cc1. The molecule has 5 heteroatoms. The topological polar surface area (TPSA) is 75.7 Å². The molecule has 2 aromatic carbocycles. The van der Waals surface area contributed by atoms with Crippen molar-refractivity contribution in [1.29, 1.82) is 5.41 Å². The third-order valence-corrected chi connectivity index (χ3v) is 3.91. The lowest BCUT2D eigenvalue weighted by molar-refractivity contribution is 1.10. The molecular formula is C15H12N4S. The average Bonchev–Trinajstić information content (AvgIpc) is 2.48. The fourth-order valence-electron chi connectivity index (χ4n) is 1.88. The number of nitrogens with one attached hydrogen (secondary N) is 1. The maximum absolute atomic E-state index is 7.39. The van der Waals surface area contributed by atoms with Gasteiger partial charge in [0.2, 0.25) is 0 Å². The van der Waals surface area contributed by atoms with Crippen molar-refractivity contribution < 1.29 is 0 Å². The Morgan fingerprint density at radius 3 is 2.50 bits per heavy atom. The lowest BCUT2D eigenvalue weighted by atomic mass is 10.2. The predicted octanol–water partition coefficient (Wildman–Crippen LogP) is 3.07. The van der Waals surface area contributed by atoms with E-state index in [9.17, 15) is 0 Å². The van der Waals surface area contributed by atoms with Gasteiger partial charge < -0.3 is 5.73 Å². The first-order chi connectivity index (χ1) is 9.74. The third-order valence-electron chi connectivity index (χ3n) is 2.89. The van der Waals surface area contributed by atoms with Crippen molar-refractivity contribution in [3.8, 4) is 0 Å². The number of amidine groups is 1. The second-order valence-electron chi connectivity index (χ2n) is 4.24. The van der Waals surface area contributed by atoms with Crippen LogP contribution in [-0.2, 0) is 0 Å². The van der Waals surface area contributed by atoms with Gasteiger partial charge in [0.1, 0.15) is 17.2 Å². The van der Waals surface area contributed by atoms with E-state index in [1.807, 2.05) is 48.5 Å². The van der Waals surface area contributed by atoms with Crippen molar-refractivity contribution in [2.75, 3.05) is 0 Å².